The van der Waals surface area contributed by atoms with Crippen molar-refractivity contribution in [3.8, 4) is 0 Å². The Morgan fingerprint density at radius 1 is 0.952 bits per heavy atom. The van der Waals surface area contributed by atoms with Gasteiger partial charge in [-0.1, -0.05) is 39.0 Å². The van der Waals surface area contributed by atoms with Gasteiger partial charge >= 0.3 is 0 Å². The van der Waals surface area contributed by atoms with E-state index in [1.165, 1.54) is 77.2 Å². The molecule has 0 spiro atoms. The summed E-state index contributed by atoms with van der Waals surface area (Å²) in [4.78, 5) is 2.96. The van der Waals surface area contributed by atoms with Crippen LogP contribution in [0.1, 0.15) is 77.6 Å². The molecule has 0 aromatic heterocycles. The van der Waals surface area contributed by atoms with Crippen LogP contribution in [0.3, 0.4) is 0 Å². The number of hydrogen-bond acceptors (Lipinski definition) is 2. The Bertz CT molecular complexity index is 315. The molecule has 5 unspecified atom stereocenters. The molecule has 0 aromatic carbocycles. The van der Waals surface area contributed by atoms with Gasteiger partial charge < -0.3 is 5.73 Å². The molecule has 2 heteroatoms. The molecule has 2 nitrogen and oxygen atoms in total. The fourth-order valence-electron chi connectivity index (χ4n) is 5.72. The molecule has 5 atom stereocenters. The van der Waals surface area contributed by atoms with Crippen molar-refractivity contribution in [3.05, 3.63) is 0 Å². The fourth-order valence-corrected chi connectivity index (χ4v) is 5.72. The molecule has 3 fully saturated rings. The SMILES string of the molecule is CCCC1CCC(CN)C(N2CCCC3CCCCC32)C1. The topological polar surface area (TPSA) is 29.3 Å². The zero-order chi connectivity index (χ0) is 14.7. The van der Waals surface area contributed by atoms with Crippen LogP contribution >= 0.6 is 0 Å². The first-order chi connectivity index (χ1) is 10.3. The van der Waals surface area contributed by atoms with Gasteiger partial charge in [-0.3, -0.25) is 4.90 Å². The average molecular weight is 293 g/mol. The van der Waals surface area contributed by atoms with Crippen LogP contribution in [0.25, 0.3) is 0 Å². The van der Waals surface area contributed by atoms with Crippen LogP contribution in [-0.2, 0) is 0 Å². The molecule has 0 amide bonds. The second-order valence-electron chi connectivity index (χ2n) is 8.02. The monoisotopic (exact) mass is 292 g/mol. The number of rotatable bonds is 4. The van der Waals surface area contributed by atoms with Gasteiger partial charge in [0, 0.05) is 12.1 Å². The van der Waals surface area contributed by atoms with E-state index in [0.29, 0.717) is 0 Å². The number of fused-ring (bicyclic) bond motifs is 1. The molecule has 2 N–H and O–H groups in total. The second-order valence-corrected chi connectivity index (χ2v) is 8.02. The minimum atomic E-state index is 0.777. The third-order valence-electron chi connectivity index (χ3n) is 6.78. The highest BCUT2D eigenvalue weighted by molar-refractivity contribution is 4.95. The lowest BCUT2D eigenvalue weighted by atomic mass is 9.72. The maximum absolute atomic E-state index is 6.16. The summed E-state index contributed by atoms with van der Waals surface area (Å²) in [5, 5.41) is 0. The molecule has 1 aliphatic heterocycles. The van der Waals surface area contributed by atoms with Crippen LogP contribution in [0.5, 0.6) is 0 Å². The zero-order valence-corrected chi connectivity index (χ0v) is 14.1. The molecule has 0 aromatic rings. The first-order valence-electron chi connectivity index (χ1n) is 9.79. The normalized spacial score (nSPS) is 41.7. The summed E-state index contributed by atoms with van der Waals surface area (Å²) in [6, 6.07) is 1.72. The van der Waals surface area contributed by atoms with E-state index in [2.05, 4.69) is 11.8 Å². The summed E-state index contributed by atoms with van der Waals surface area (Å²) in [5.41, 5.74) is 6.16. The van der Waals surface area contributed by atoms with Crippen molar-refractivity contribution in [2.24, 2.45) is 23.5 Å². The predicted molar refractivity (Wildman–Crippen MR) is 90.3 cm³/mol. The minimum Gasteiger partial charge on any atom is -0.330 e. The smallest absolute Gasteiger partial charge is 0.0141 e. The van der Waals surface area contributed by atoms with E-state index < -0.39 is 0 Å². The Hall–Kier alpha value is -0.0800. The van der Waals surface area contributed by atoms with Gasteiger partial charge in [-0.15, -0.1) is 0 Å². The van der Waals surface area contributed by atoms with Crippen molar-refractivity contribution in [1.82, 2.24) is 4.90 Å². The van der Waals surface area contributed by atoms with E-state index >= 15 is 0 Å². The molecule has 0 bridgehead atoms. The minimum absolute atomic E-state index is 0.777. The van der Waals surface area contributed by atoms with Gasteiger partial charge in [0.2, 0.25) is 0 Å². The Balaban J connectivity index is 1.71. The molecule has 2 aliphatic carbocycles. The average Bonchev–Trinajstić information content (AvgIpc) is 2.54. The maximum Gasteiger partial charge on any atom is 0.0141 e. The Morgan fingerprint density at radius 2 is 1.76 bits per heavy atom. The lowest BCUT2D eigenvalue weighted by Crippen LogP contribution is -2.56. The summed E-state index contributed by atoms with van der Waals surface area (Å²) in [7, 11) is 0. The molecular weight excluding hydrogens is 256 g/mol. The lowest BCUT2D eigenvalue weighted by Gasteiger charge is -2.52. The molecule has 122 valence electrons. The Labute approximate surface area is 131 Å². The number of nitrogens with two attached hydrogens (primary N) is 1. The molecule has 0 radical (unpaired) electrons. The van der Waals surface area contributed by atoms with Gasteiger partial charge in [-0.25, -0.2) is 0 Å². The fraction of sp³-hybridized carbons (Fsp3) is 1.00. The van der Waals surface area contributed by atoms with E-state index in [4.69, 9.17) is 5.73 Å². The Morgan fingerprint density at radius 3 is 2.57 bits per heavy atom. The molecule has 3 rings (SSSR count). The van der Waals surface area contributed by atoms with Crippen LogP contribution in [0.2, 0.25) is 0 Å². The quantitative estimate of drug-likeness (QED) is 0.842. The summed E-state index contributed by atoms with van der Waals surface area (Å²) >= 11 is 0. The van der Waals surface area contributed by atoms with Crippen molar-refractivity contribution in [2.75, 3.05) is 13.1 Å². The van der Waals surface area contributed by atoms with Crippen LogP contribution in [-0.4, -0.2) is 30.1 Å². The van der Waals surface area contributed by atoms with Crippen LogP contribution in [0.15, 0.2) is 0 Å². The van der Waals surface area contributed by atoms with E-state index in [1.807, 2.05) is 0 Å². The van der Waals surface area contributed by atoms with Crippen molar-refractivity contribution < 1.29 is 0 Å². The van der Waals surface area contributed by atoms with E-state index in [-0.39, 0.29) is 0 Å². The van der Waals surface area contributed by atoms with Gasteiger partial charge in [-0.05, 0) is 69.4 Å². The summed E-state index contributed by atoms with van der Waals surface area (Å²) < 4.78 is 0. The standard InChI is InChI=1S/C19H36N2/c1-2-6-15-10-11-17(14-20)19(13-15)21-12-5-8-16-7-3-4-9-18(16)21/h15-19H,2-14,20H2,1H3. The van der Waals surface area contributed by atoms with Crippen LogP contribution in [0.4, 0.5) is 0 Å². The highest BCUT2D eigenvalue weighted by Gasteiger charge is 2.41. The summed E-state index contributed by atoms with van der Waals surface area (Å²) in [6.45, 7) is 4.63. The van der Waals surface area contributed by atoms with E-state index in [1.54, 1.807) is 0 Å². The maximum atomic E-state index is 6.16. The van der Waals surface area contributed by atoms with Gasteiger partial charge in [0.25, 0.3) is 0 Å². The number of nitrogens with zero attached hydrogens (tertiary/aromatic N) is 1. The molecule has 1 saturated heterocycles. The lowest BCUT2D eigenvalue weighted by molar-refractivity contribution is -0.0180. The van der Waals surface area contributed by atoms with E-state index in [9.17, 15) is 0 Å². The van der Waals surface area contributed by atoms with Crippen molar-refractivity contribution >= 4 is 0 Å². The second kappa shape index (κ2) is 7.46. The van der Waals surface area contributed by atoms with Gasteiger partial charge in [-0.2, -0.15) is 0 Å². The van der Waals surface area contributed by atoms with Gasteiger partial charge in [0.05, 0.1) is 0 Å². The highest BCUT2D eigenvalue weighted by atomic mass is 15.2. The Kier molecular flexibility index (Phi) is 5.61. The first-order valence-corrected chi connectivity index (χ1v) is 9.79. The third kappa shape index (κ3) is 3.47. The molecule has 2 saturated carbocycles. The first kappa shape index (κ1) is 15.8. The number of likely N-dealkylation sites (tertiary alicyclic amines) is 1. The van der Waals surface area contributed by atoms with Gasteiger partial charge in [0.15, 0.2) is 0 Å². The molecule has 3 aliphatic rings. The van der Waals surface area contributed by atoms with Crippen molar-refractivity contribution in [2.45, 2.75) is 89.6 Å². The summed E-state index contributed by atoms with van der Waals surface area (Å²) in [5.74, 6) is 2.77. The third-order valence-corrected chi connectivity index (χ3v) is 6.78. The summed E-state index contributed by atoms with van der Waals surface area (Å²) in [6.07, 6.45) is 15.9. The van der Waals surface area contributed by atoms with Crippen LogP contribution < -0.4 is 5.73 Å². The van der Waals surface area contributed by atoms with Crippen molar-refractivity contribution in [3.63, 3.8) is 0 Å². The van der Waals surface area contributed by atoms with Crippen LogP contribution in [0, 0.1) is 17.8 Å². The predicted octanol–water partition coefficient (Wildman–Crippen LogP) is 4.18. The molecule has 21 heavy (non-hydrogen) atoms. The molecular formula is C19H36N2. The zero-order valence-electron chi connectivity index (χ0n) is 14.1. The molecule has 1 heterocycles. The van der Waals surface area contributed by atoms with Crippen molar-refractivity contribution in [1.29, 1.82) is 0 Å². The number of hydrogen-bond donors (Lipinski definition) is 1. The number of piperidine rings is 1. The largest absolute Gasteiger partial charge is 0.330 e. The van der Waals surface area contributed by atoms with Gasteiger partial charge in [0.1, 0.15) is 0 Å². The van der Waals surface area contributed by atoms with E-state index in [0.717, 1.165) is 36.4 Å². The highest BCUT2D eigenvalue weighted by Crippen LogP contribution is 2.41.